The van der Waals surface area contributed by atoms with E-state index in [-0.39, 0.29) is 0 Å². The highest BCUT2D eigenvalue weighted by Gasteiger charge is 2.10. The highest BCUT2D eigenvalue weighted by molar-refractivity contribution is 9.10. The first kappa shape index (κ1) is 16.0. The number of nitrogens with one attached hydrogen (secondary N) is 1. The highest BCUT2D eigenvalue weighted by atomic mass is 79.9. The SMILES string of the molecule is CCCNCc1cccnc1N(C)Cc1ccccc1Br. The van der Waals surface area contributed by atoms with Gasteiger partial charge in [-0.15, -0.1) is 0 Å². The van der Waals surface area contributed by atoms with Crippen molar-refractivity contribution in [3.8, 4) is 0 Å². The van der Waals surface area contributed by atoms with Crippen molar-refractivity contribution in [1.82, 2.24) is 10.3 Å². The summed E-state index contributed by atoms with van der Waals surface area (Å²) in [6, 6.07) is 12.5. The molecule has 1 aromatic carbocycles. The molecule has 0 amide bonds. The van der Waals surface area contributed by atoms with Crippen LogP contribution in [0.2, 0.25) is 0 Å². The Morgan fingerprint density at radius 2 is 1.90 bits per heavy atom. The lowest BCUT2D eigenvalue weighted by Gasteiger charge is -2.22. The fraction of sp³-hybridized carbons (Fsp3) is 0.353. The van der Waals surface area contributed by atoms with E-state index in [0.717, 1.165) is 36.3 Å². The van der Waals surface area contributed by atoms with Crippen LogP contribution in [0.4, 0.5) is 5.82 Å². The van der Waals surface area contributed by atoms with E-state index in [0.29, 0.717) is 0 Å². The van der Waals surface area contributed by atoms with Gasteiger partial charge in [-0.25, -0.2) is 4.98 Å². The lowest BCUT2D eigenvalue weighted by molar-refractivity contribution is 0.671. The number of halogens is 1. The van der Waals surface area contributed by atoms with Crippen LogP contribution in [-0.4, -0.2) is 18.6 Å². The molecule has 1 N–H and O–H groups in total. The Bertz CT molecular complexity index is 571. The van der Waals surface area contributed by atoms with Gasteiger partial charge in [-0.05, 0) is 30.7 Å². The predicted octanol–water partition coefficient (Wildman–Crippen LogP) is 3.98. The van der Waals surface area contributed by atoms with E-state index < -0.39 is 0 Å². The number of pyridine rings is 1. The predicted molar refractivity (Wildman–Crippen MR) is 92.5 cm³/mol. The van der Waals surface area contributed by atoms with Crippen LogP contribution >= 0.6 is 15.9 Å². The molecule has 4 heteroatoms. The molecular formula is C17H22BrN3. The number of aromatic nitrogens is 1. The van der Waals surface area contributed by atoms with Crippen molar-refractivity contribution in [1.29, 1.82) is 0 Å². The molecule has 0 radical (unpaired) electrons. The van der Waals surface area contributed by atoms with Crippen LogP contribution in [0.5, 0.6) is 0 Å². The second-order valence-corrected chi connectivity index (χ2v) is 5.96. The molecule has 2 rings (SSSR count). The first-order valence-electron chi connectivity index (χ1n) is 7.31. The Labute approximate surface area is 135 Å². The number of rotatable bonds is 7. The summed E-state index contributed by atoms with van der Waals surface area (Å²) in [5, 5.41) is 3.45. The van der Waals surface area contributed by atoms with Crippen molar-refractivity contribution in [3.63, 3.8) is 0 Å². The average Bonchev–Trinajstić information content (AvgIpc) is 2.50. The zero-order chi connectivity index (χ0) is 15.1. The van der Waals surface area contributed by atoms with Gasteiger partial charge < -0.3 is 10.2 Å². The third-order valence-corrected chi connectivity index (χ3v) is 4.11. The number of hydrogen-bond acceptors (Lipinski definition) is 3. The normalized spacial score (nSPS) is 10.6. The summed E-state index contributed by atoms with van der Waals surface area (Å²) in [7, 11) is 2.09. The third-order valence-electron chi connectivity index (χ3n) is 3.34. The Morgan fingerprint density at radius 3 is 2.67 bits per heavy atom. The molecule has 21 heavy (non-hydrogen) atoms. The number of anilines is 1. The van der Waals surface area contributed by atoms with Crippen LogP contribution in [0.3, 0.4) is 0 Å². The monoisotopic (exact) mass is 347 g/mol. The molecular weight excluding hydrogens is 326 g/mol. The van der Waals surface area contributed by atoms with Crippen molar-refractivity contribution in [2.45, 2.75) is 26.4 Å². The van der Waals surface area contributed by atoms with E-state index >= 15 is 0 Å². The van der Waals surface area contributed by atoms with E-state index in [1.807, 2.05) is 18.3 Å². The summed E-state index contributed by atoms with van der Waals surface area (Å²) in [5.74, 6) is 1.04. The fourth-order valence-electron chi connectivity index (χ4n) is 2.27. The molecule has 2 aromatic rings. The van der Waals surface area contributed by atoms with Crippen molar-refractivity contribution >= 4 is 21.7 Å². The van der Waals surface area contributed by atoms with E-state index in [1.54, 1.807) is 0 Å². The average molecular weight is 348 g/mol. The van der Waals surface area contributed by atoms with Gasteiger partial charge in [0.1, 0.15) is 5.82 Å². The molecule has 0 saturated heterocycles. The second kappa shape index (κ2) is 8.15. The Morgan fingerprint density at radius 1 is 1.14 bits per heavy atom. The van der Waals surface area contributed by atoms with E-state index in [9.17, 15) is 0 Å². The summed E-state index contributed by atoms with van der Waals surface area (Å²) in [6.07, 6.45) is 3.00. The van der Waals surface area contributed by atoms with Gasteiger partial charge in [0.05, 0.1) is 0 Å². The first-order valence-corrected chi connectivity index (χ1v) is 8.10. The minimum atomic E-state index is 0.833. The van der Waals surface area contributed by atoms with Gasteiger partial charge in [0.15, 0.2) is 0 Å². The van der Waals surface area contributed by atoms with Crippen LogP contribution in [-0.2, 0) is 13.1 Å². The van der Waals surface area contributed by atoms with Crippen LogP contribution in [0, 0.1) is 0 Å². The number of nitrogens with zero attached hydrogens (tertiary/aromatic N) is 2. The maximum atomic E-state index is 4.55. The summed E-state index contributed by atoms with van der Waals surface area (Å²) >= 11 is 3.61. The second-order valence-electron chi connectivity index (χ2n) is 5.11. The van der Waals surface area contributed by atoms with Gasteiger partial charge >= 0.3 is 0 Å². The van der Waals surface area contributed by atoms with Crippen LogP contribution < -0.4 is 10.2 Å². The zero-order valence-electron chi connectivity index (χ0n) is 12.6. The molecule has 0 atom stereocenters. The minimum Gasteiger partial charge on any atom is -0.355 e. The number of hydrogen-bond donors (Lipinski definition) is 1. The Hall–Kier alpha value is -1.39. The molecule has 0 aliphatic carbocycles. The van der Waals surface area contributed by atoms with Gasteiger partial charge in [0.25, 0.3) is 0 Å². The van der Waals surface area contributed by atoms with Crippen molar-refractivity contribution in [2.75, 3.05) is 18.5 Å². The topological polar surface area (TPSA) is 28.2 Å². The molecule has 0 spiro atoms. The van der Waals surface area contributed by atoms with Crippen molar-refractivity contribution in [3.05, 3.63) is 58.2 Å². The van der Waals surface area contributed by atoms with Gasteiger partial charge in [0, 0.05) is 36.4 Å². The van der Waals surface area contributed by atoms with Gasteiger partial charge in [-0.2, -0.15) is 0 Å². The van der Waals surface area contributed by atoms with Crippen molar-refractivity contribution < 1.29 is 0 Å². The maximum Gasteiger partial charge on any atom is 0.133 e. The van der Waals surface area contributed by atoms with Gasteiger partial charge in [-0.1, -0.05) is 47.1 Å². The highest BCUT2D eigenvalue weighted by Crippen LogP contribution is 2.22. The first-order chi connectivity index (χ1) is 10.2. The van der Waals surface area contributed by atoms with Crippen LogP contribution in [0.25, 0.3) is 0 Å². The largest absolute Gasteiger partial charge is 0.355 e. The zero-order valence-corrected chi connectivity index (χ0v) is 14.2. The third kappa shape index (κ3) is 4.55. The summed E-state index contributed by atoms with van der Waals surface area (Å²) in [5.41, 5.74) is 2.50. The summed E-state index contributed by atoms with van der Waals surface area (Å²) in [4.78, 5) is 6.75. The summed E-state index contributed by atoms with van der Waals surface area (Å²) < 4.78 is 1.14. The smallest absolute Gasteiger partial charge is 0.133 e. The number of benzene rings is 1. The molecule has 1 aromatic heterocycles. The van der Waals surface area contributed by atoms with Crippen LogP contribution in [0.15, 0.2) is 47.1 Å². The molecule has 0 unspecified atom stereocenters. The molecule has 0 fully saturated rings. The molecule has 0 aliphatic rings. The molecule has 3 nitrogen and oxygen atoms in total. The molecule has 0 bridgehead atoms. The molecule has 0 aliphatic heterocycles. The van der Waals surface area contributed by atoms with Gasteiger partial charge in [0.2, 0.25) is 0 Å². The van der Waals surface area contributed by atoms with Crippen molar-refractivity contribution in [2.24, 2.45) is 0 Å². The standard InChI is InChI=1S/C17H22BrN3/c1-3-10-19-12-14-8-6-11-20-17(14)21(2)13-15-7-4-5-9-16(15)18/h4-9,11,19H,3,10,12-13H2,1-2H3. The Kier molecular flexibility index (Phi) is 6.21. The molecule has 0 saturated carbocycles. The lowest BCUT2D eigenvalue weighted by Crippen LogP contribution is -2.22. The van der Waals surface area contributed by atoms with E-state index in [2.05, 4.69) is 69.4 Å². The lowest BCUT2D eigenvalue weighted by atomic mass is 10.2. The molecule has 1 heterocycles. The summed E-state index contributed by atoms with van der Waals surface area (Å²) in [6.45, 7) is 4.90. The Balaban J connectivity index is 2.11. The quantitative estimate of drug-likeness (QED) is 0.767. The van der Waals surface area contributed by atoms with E-state index in [1.165, 1.54) is 11.1 Å². The fourth-order valence-corrected chi connectivity index (χ4v) is 2.68. The van der Waals surface area contributed by atoms with Crippen LogP contribution in [0.1, 0.15) is 24.5 Å². The maximum absolute atomic E-state index is 4.55. The minimum absolute atomic E-state index is 0.833. The van der Waals surface area contributed by atoms with E-state index in [4.69, 9.17) is 0 Å². The molecule has 112 valence electrons. The van der Waals surface area contributed by atoms with Gasteiger partial charge in [-0.3, -0.25) is 0 Å².